The summed E-state index contributed by atoms with van der Waals surface area (Å²) in [7, 11) is 0. The first kappa shape index (κ1) is 17.7. The number of likely N-dealkylation sites (tertiary alicyclic amines) is 1. The van der Waals surface area contributed by atoms with Crippen molar-refractivity contribution in [2.45, 2.75) is 25.8 Å². The van der Waals surface area contributed by atoms with Gasteiger partial charge in [-0.3, -0.25) is 4.79 Å². The van der Waals surface area contributed by atoms with E-state index in [0.717, 1.165) is 13.0 Å². The second-order valence-corrected chi connectivity index (χ2v) is 5.26. The summed E-state index contributed by atoms with van der Waals surface area (Å²) >= 11 is 0. The number of para-hydroxylation sites is 1. The largest absolute Gasteiger partial charge is 0.490 e. The van der Waals surface area contributed by atoms with Crippen LogP contribution in [0.5, 0.6) is 5.75 Å². The fraction of sp³-hybridized carbons (Fsp3) is 0.533. The zero-order valence-electron chi connectivity index (χ0n) is 12.1. The summed E-state index contributed by atoms with van der Waals surface area (Å²) in [6.45, 7) is 3.55. The molecule has 2 rings (SSSR count). The van der Waals surface area contributed by atoms with Gasteiger partial charge in [-0.25, -0.2) is 4.39 Å². The van der Waals surface area contributed by atoms with Crippen molar-refractivity contribution in [1.29, 1.82) is 0 Å². The van der Waals surface area contributed by atoms with E-state index < -0.39 is 5.82 Å². The Balaban J connectivity index is 0.00000220. The fourth-order valence-corrected chi connectivity index (χ4v) is 2.61. The Morgan fingerprint density at radius 1 is 1.48 bits per heavy atom. The van der Waals surface area contributed by atoms with Crippen LogP contribution >= 0.6 is 12.4 Å². The molecule has 118 valence electrons. The van der Waals surface area contributed by atoms with Crippen molar-refractivity contribution in [2.75, 3.05) is 19.7 Å². The normalized spacial score (nSPS) is 21.0. The molecule has 0 spiro atoms. The molecule has 0 saturated carbocycles. The standard InChI is InChI=1S/C15H21FN2O2.ClH/c1-11-8-12(9-17)10-18(11)15(19)6-7-20-14-5-3-2-4-13(14)16;/h2-5,11-12H,6-10,17H2,1H3;1H. The van der Waals surface area contributed by atoms with Crippen molar-refractivity contribution in [2.24, 2.45) is 11.7 Å². The van der Waals surface area contributed by atoms with Crippen LogP contribution in [0.4, 0.5) is 4.39 Å². The molecule has 0 aromatic heterocycles. The second-order valence-electron chi connectivity index (χ2n) is 5.26. The first-order valence-corrected chi connectivity index (χ1v) is 6.98. The highest BCUT2D eigenvalue weighted by molar-refractivity contribution is 5.85. The van der Waals surface area contributed by atoms with Crippen LogP contribution in [0.2, 0.25) is 0 Å². The number of nitrogens with zero attached hydrogens (tertiary/aromatic N) is 1. The van der Waals surface area contributed by atoms with Crippen molar-refractivity contribution in [3.63, 3.8) is 0 Å². The summed E-state index contributed by atoms with van der Waals surface area (Å²) in [5.74, 6) is 0.221. The maximum atomic E-state index is 13.3. The molecular formula is C15H22ClFN2O2. The Kier molecular flexibility index (Phi) is 6.92. The molecule has 1 saturated heterocycles. The summed E-state index contributed by atoms with van der Waals surface area (Å²) in [6.07, 6.45) is 1.21. The molecular weight excluding hydrogens is 295 g/mol. The Hall–Kier alpha value is -1.33. The zero-order valence-corrected chi connectivity index (χ0v) is 12.9. The van der Waals surface area contributed by atoms with Crippen LogP contribution in [-0.4, -0.2) is 36.5 Å². The highest BCUT2D eigenvalue weighted by Crippen LogP contribution is 2.23. The summed E-state index contributed by atoms with van der Waals surface area (Å²) in [5.41, 5.74) is 5.65. The lowest BCUT2D eigenvalue weighted by Gasteiger charge is -2.21. The summed E-state index contributed by atoms with van der Waals surface area (Å²) in [6, 6.07) is 6.43. The second kappa shape index (κ2) is 8.20. The molecule has 2 atom stereocenters. The summed E-state index contributed by atoms with van der Waals surface area (Å²) in [5, 5.41) is 0. The molecule has 1 aromatic carbocycles. The van der Waals surface area contributed by atoms with E-state index in [9.17, 15) is 9.18 Å². The van der Waals surface area contributed by atoms with E-state index in [0.29, 0.717) is 12.5 Å². The third-order valence-electron chi connectivity index (χ3n) is 3.73. The highest BCUT2D eigenvalue weighted by Gasteiger charge is 2.31. The molecule has 1 aliphatic heterocycles. The maximum Gasteiger partial charge on any atom is 0.226 e. The van der Waals surface area contributed by atoms with Crippen molar-refractivity contribution in [3.05, 3.63) is 30.1 Å². The van der Waals surface area contributed by atoms with E-state index in [4.69, 9.17) is 10.5 Å². The van der Waals surface area contributed by atoms with Crippen LogP contribution in [0.25, 0.3) is 0 Å². The maximum absolute atomic E-state index is 13.3. The van der Waals surface area contributed by atoms with Gasteiger partial charge >= 0.3 is 0 Å². The minimum Gasteiger partial charge on any atom is -0.490 e. The van der Waals surface area contributed by atoms with E-state index >= 15 is 0 Å². The van der Waals surface area contributed by atoms with Gasteiger partial charge in [-0.05, 0) is 37.9 Å². The molecule has 0 bridgehead atoms. The number of hydrogen-bond donors (Lipinski definition) is 1. The van der Waals surface area contributed by atoms with Gasteiger partial charge in [-0.1, -0.05) is 12.1 Å². The number of halogens is 2. The van der Waals surface area contributed by atoms with Gasteiger partial charge in [0.25, 0.3) is 0 Å². The average Bonchev–Trinajstić information content (AvgIpc) is 2.82. The average molecular weight is 317 g/mol. The Bertz CT molecular complexity index is 473. The fourth-order valence-electron chi connectivity index (χ4n) is 2.61. The lowest BCUT2D eigenvalue weighted by Crippen LogP contribution is -2.35. The summed E-state index contributed by atoms with van der Waals surface area (Å²) < 4.78 is 18.6. The van der Waals surface area contributed by atoms with E-state index in [1.54, 1.807) is 18.2 Å². The monoisotopic (exact) mass is 316 g/mol. The Labute approximate surface area is 130 Å². The minimum absolute atomic E-state index is 0. The molecule has 2 unspecified atom stereocenters. The quantitative estimate of drug-likeness (QED) is 0.906. The number of rotatable bonds is 5. The Morgan fingerprint density at radius 2 is 2.19 bits per heavy atom. The number of carbonyl (C=O) groups excluding carboxylic acids is 1. The molecule has 2 N–H and O–H groups in total. The van der Waals surface area contributed by atoms with Gasteiger partial charge in [0.05, 0.1) is 13.0 Å². The molecule has 1 amide bonds. The zero-order chi connectivity index (χ0) is 14.5. The van der Waals surface area contributed by atoms with E-state index in [1.807, 2.05) is 11.8 Å². The first-order chi connectivity index (χ1) is 9.61. The predicted octanol–water partition coefficient (Wildman–Crippen LogP) is 2.21. The van der Waals surface area contributed by atoms with Gasteiger partial charge < -0.3 is 15.4 Å². The minimum atomic E-state index is -0.405. The highest BCUT2D eigenvalue weighted by atomic mass is 35.5. The lowest BCUT2D eigenvalue weighted by molar-refractivity contribution is -0.132. The van der Waals surface area contributed by atoms with Crippen LogP contribution < -0.4 is 10.5 Å². The molecule has 1 aliphatic rings. The Morgan fingerprint density at radius 3 is 2.81 bits per heavy atom. The molecule has 0 radical (unpaired) electrons. The van der Waals surface area contributed by atoms with Crippen molar-refractivity contribution < 1.29 is 13.9 Å². The topological polar surface area (TPSA) is 55.6 Å². The van der Waals surface area contributed by atoms with Gasteiger partial charge in [0.2, 0.25) is 5.91 Å². The summed E-state index contributed by atoms with van der Waals surface area (Å²) in [4.78, 5) is 14.0. The number of ether oxygens (including phenoxy) is 1. The number of carbonyl (C=O) groups is 1. The first-order valence-electron chi connectivity index (χ1n) is 6.98. The van der Waals surface area contributed by atoms with Crippen LogP contribution in [-0.2, 0) is 4.79 Å². The third-order valence-corrected chi connectivity index (χ3v) is 3.73. The van der Waals surface area contributed by atoms with Crippen molar-refractivity contribution in [1.82, 2.24) is 4.90 Å². The van der Waals surface area contributed by atoms with Crippen molar-refractivity contribution in [3.8, 4) is 5.75 Å². The molecule has 1 fully saturated rings. The van der Waals surface area contributed by atoms with E-state index in [1.165, 1.54) is 6.07 Å². The molecule has 6 heteroatoms. The SMILES string of the molecule is CC1CC(CN)CN1C(=O)CCOc1ccccc1F.Cl. The number of nitrogens with two attached hydrogens (primary N) is 1. The predicted molar refractivity (Wildman–Crippen MR) is 82.1 cm³/mol. The smallest absolute Gasteiger partial charge is 0.226 e. The van der Waals surface area contributed by atoms with Gasteiger partial charge in [-0.15, -0.1) is 12.4 Å². The van der Waals surface area contributed by atoms with Gasteiger partial charge in [0, 0.05) is 12.6 Å². The molecule has 21 heavy (non-hydrogen) atoms. The van der Waals surface area contributed by atoms with Crippen LogP contribution in [0.1, 0.15) is 19.8 Å². The molecule has 4 nitrogen and oxygen atoms in total. The van der Waals surface area contributed by atoms with E-state index in [2.05, 4.69) is 0 Å². The number of amides is 1. The lowest BCUT2D eigenvalue weighted by atomic mass is 10.1. The van der Waals surface area contributed by atoms with Gasteiger partial charge in [0.1, 0.15) is 0 Å². The number of benzene rings is 1. The van der Waals surface area contributed by atoms with Crippen molar-refractivity contribution >= 4 is 18.3 Å². The van der Waals surface area contributed by atoms with Gasteiger partial charge in [0.15, 0.2) is 11.6 Å². The molecule has 0 aliphatic carbocycles. The van der Waals surface area contributed by atoms with Crippen LogP contribution in [0.15, 0.2) is 24.3 Å². The van der Waals surface area contributed by atoms with Crippen LogP contribution in [0, 0.1) is 11.7 Å². The molecule has 1 aromatic rings. The number of hydrogen-bond acceptors (Lipinski definition) is 3. The third kappa shape index (κ3) is 4.58. The van der Waals surface area contributed by atoms with E-state index in [-0.39, 0.29) is 43.1 Å². The molecule has 1 heterocycles. The van der Waals surface area contributed by atoms with Gasteiger partial charge in [-0.2, -0.15) is 0 Å². The van der Waals surface area contributed by atoms with Crippen LogP contribution in [0.3, 0.4) is 0 Å².